The van der Waals surface area contributed by atoms with Gasteiger partial charge < -0.3 is 9.88 Å². The SMILES string of the molecule is CCCNCC1CCC(C)CC1Cc1nccn1CCC. The van der Waals surface area contributed by atoms with E-state index in [1.165, 1.54) is 44.5 Å². The summed E-state index contributed by atoms with van der Waals surface area (Å²) >= 11 is 0. The fourth-order valence-electron chi connectivity index (χ4n) is 3.75. The summed E-state index contributed by atoms with van der Waals surface area (Å²) in [6.45, 7) is 10.4. The van der Waals surface area contributed by atoms with Crippen LogP contribution < -0.4 is 5.32 Å². The van der Waals surface area contributed by atoms with E-state index in [0.29, 0.717) is 0 Å². The van der Waals surface area contributed by atoms with Crippen molar-refractivity contribution >= 4 is 0 Å². The number of nitrogens with zero attached hydrogens (tertiary/aromatic N) is 2. The highest BCUT2D eigenvalue weighted by Crippen LogP contribution is 2.35. The third-order valence-corrected chi connectivity index (χ3v) is 4.95. The Morgan fingerprint density at radius 2 is 2.10 bits per heavy atom. The molecular weight excluding hydrogens is 258 g/mol. The summed E-state index contributed by atoms with van der Waals surface area (Å²) < 4.78 is 2.36. The lowest BCUT2D eigenvalue weighted by Crippen LogP contribution is -2.34. The van der Waals surface area contributed by atoms with Gasteiger partial charge in [-0.3, -0.25) is 0 Å². The van der Waals surface area contributed by atoms with Gasteiger partial charge in [-0.25, -0.2) is 4.98 Å². The minimum Gasteiger partial charge on any atom is -0.335 e. The number of hydrogen-bond donors (Lipinski definition) is 1. The van der Waals surface area contributed by atoms with Crippen molar-refractivity contribution in [3.8, 4) is 0 Å². The summed E-state index contributed by atoms with van der Waals surface area (Å²) in [6.07, 6.45) is 11.9. The second kappa shape index (κ2) is 8.57. The minimum absolute atomic E-state index is 0.802. The molecule has 3 nitrogen and oxygen atoms in total. The lowest BCUT2D eigenvalue weighted by Gasteiger charge is -2.35. The van der Waals surface area contributed by atoms with E-state index in [-0.39, 0.29) is 0 Å². The van der Waals surface area contributed by atoms with E-state index in [4.69, 9.17) is 0 Å². The Kier molecular flexibility index (Phi) is 6.75. The van der Waals surface area contributed by atoms with Gasteiger partial charge >= 0.3 is 0 Å². The average molecular weight is 291 g/mol. The lowest BCUT2D eigenvalue weighted by molar-refractivity contribution is 0.180. The second-order valence-electron chi connectivity index (χ2n) is 6.88. The number of nitrogens with one attached hydrogen (secondary N) is 1. The van der Waals surface area contributed by atoms with Crippen molar-refractivity contribution < 1.29 is 0 Å². The summed E-state index contributed by atoms with van der Waals surface area (Å²) in [4.78, 5) is 4.63. The van der Waals surface area contributed by atoms with Crippen LogP contribution in [0.25, 0.3) is 0 Å². The number of aromatic nitrogens is 2. The molecule has 0 spiro atoms. The molecule has 3 atom stereocenters. The maximum atomic E-state index is 4.63. The fraction of sp³-hybridized carbons (Fsp3) is 0.833. The van der Waals surface area contributed by atoms with E-state index < -0.39 is 0 Å². The Hall–Kier alpha value is -0.830. The van der Waals surface area contributed by atoms with Gasteiger partial charge in [-0.1, -0.05) is 27.2 Å². The molecule has 0 amide bonds. The van der Waals surface area contributed by atoms with Crippen molar-refractivity contribution in [3.05, 3.63) is 18.2 Å². The maximum Gasteiger partial charge on any atom is 0.108 e. The van der Waals surface area contributed by atoms with Crippen LogP contribution in [-0.2, 0) is 13.0 Å². The molecule has 0 saturated heterocycles. The van der Waals surface area contributed by atoms with Gasteiger partial charge in [0.25, 0.3) is 0 Å². The fourth-order valence-corrected chi connectivity index (χ4v) is 3.75. The highest BCUT2D eigenvalue weighted by molar-refractivity contribution is 4.96. The van der Waals surface area contributed by atoms with Gasteiger partial charge in [0.05, 0.1) is 0 Å². The molecule has 1 heterocycles. The molecule has 1 aromatic heterocycles. The highest BCUT2D eigenvalue weighted by Gasteiger charge is 2.29. The van der Waals surface area contributed by atoms with E-state index in [9.17, 15) is 0 Å². The molecule has 1 saturated carbocycles. The number of imidazole rings is 1. The smallest absolute Gasteiger partial charge is 0.108 e. The van der Waals surface area contributed by atoms with Crippen molar-refractivity contribution in [3.63, 3.8) is 0 Å². The molecule has 1 N–H and O–H groups in total. The van der Waals surface area contributed by atoms with Crippen LogP contribution in [0.5, 0.6) is 0 Å². The summed E-state index contributed by atoms with van der Waals surface area (Å²) in [5.41, 5.74) is 0. The molecule has 3 unspecified atom stereocenters. The Morgan fingerprint density at radius 1 is 1.24 bits per heavy atom. The molecule has 0 bridgehead atoms. The number of rotatable bonds is 8. The Morgan fingerprint density at radius 3 is 2.86 bits per heavy atom. The van der Waals surface area contributed by atoms with Crippen molar-refractivity contribution in [1.29, 1.82) is 0 Å². The molecular formula is C18H33N3. The highest BCUT2D eigenvalue weighted by atomic mass is 15.1. The summed E-state index contributed by atoms with van der Waals surface area (Å²) in [7, 11) is 0. The molecule has 21 heavy (non-hydrogen) atoms. The van der Waals surface area contributed by atoms with E-state index >= 15 is 0 Å². The Balaban J connectivity index is 1.96. The van der Waals surface area contributed by atoms with Crippen molar-refractivity contribution in [2.45, 2.75) is 65.8 Å². The largest absolute Gasteiger partial charge is 0.335 e. The molecule has 1 fully saturated rings. The van der Waals surface area contributed by atoms with E-state index in [2.05, 4.69) is 41.8 Å². The zero-order valence-electron chi connectivity index (χ0n) is 14.1. The third-order valence-electron chi connectivity index (χ3n) is 4.95. The normalized spacial score (nSPS) is 26.1. The predicted molar refractivity (Wildman–Crippen MR) is 89.4 cm³/mol. The molecule has 1 aliphatic carbocycles. The monoisotopic (exact) mass is 291 g/mol. The summed E-state index contributed by atoms with van der Waals surface area (Å²) in [5, 5.41) is 3.64. The van der Waals surface area contributed by atoms with Gasteiger partial charge in [0.1, 0.15) is 5.82 Å². The minimum atomic E-state index is 0.802. The molecule has 1 aliphatic rings. The summed E-state index contributed by atoms with van der Waals surface area (Å²) in [6, 6.07) is 0. The molecule has 2 rings (SSSR count). The standard InChI is InChI=1S/C18H33N3/c1-4-8-19-14-16-7-6-15(3)12-17(16)13-18-20-9-11-21(18)10-5-2/h9,11,15-17,19H,4-8,10,12-14H2,1-3H3. The van der Waals surface area contributed by atoms with Crippen molar-refractivity contribution in [1.82, 2.24) is 14.9 Å². The Labute approximate surface area is 130 Å². The molecule has 120 valence electrons. The first kappa shape index (κ1) is 16.5. The van der Waals surface area contributed by atoms with Gasteiger partial charge in [-0.15, -0.1) is 0 Å². The van der Waals surface area contributed by atoms with Crippen LogP contribution in [0.4, 0.5) is 0 Å². The summed E-state index contributed by atoms with van der Waals surface area (Å²) in [5.74, 6) is 3.82. The van der Waals surface area contributed by atoms with Crippen LogP contribution in [0.3, 0.4) is 0 Å². The predicted octanol–water partition coefficient (Wildman–Crippen LogP) is 3.89. The third kappa shape index (κ3) is 4.84. The average Bonchev–Trinajstić information content (AvgIpc) is 2.89. The number of hydrogen-bond acceptors (Lipinski definition) is 2. The van der Waals surface area contributed by atoms with Gasteiger partial charge in [-0.2, -0.15) is 0 Å². The van der Waals surface area contributed by atoms with Crippen molar-refractivity contribution in [2.75, 3.05) is 13.1 Å². The van der Waals surface area contributed by atoms with E-state index in [0.717, 1.165) is 37.3 Å². The Bertz CT molecular complexity index is 399. The van der Waals surface area contributed by atoms with Gasteiger partial charge in [-0.05, 0) is 56.5 Å². The van der Waals surface area contributed by atoms with Crippen molar-refractivity contribution in [2.24, 2.45) is 17.8 Å². The van der Waals surface area contributed by atoms with Crippen LogP contribution in [0.15, 0.2) is 12.4 Å². The van der Waals surface area contributed by atoms with Gasteiger partial charge in [0, 0.05) is 25.4 Å². The second-order valence-corrected chi connectivity index (χ2v) is 6.88. The van der Waals surface area contributed by atoms with Gasteiger partial charge in [0.15, 0.2) is 0 Å². The van der Waals surface area contributed by atoms with Crippen LogP contribution in [0.1, 0.15) is 58.7 Å². The zero-order chi connectivity index (χ0) is 15.1. The van der Waals surface area contributed by atoms with Crippen LogP contribution >= 0.6 is 0 Å². The topological polar surface area (TPSA) is 29.9 Å². The van der Waals surface area contributed by atoms with Crippen LogP contribution in [0, 0.1) is 17.8 Å². The molecule has 3 heteroatoms. The van der Waals surface area contributed by atoms with Gasteiger partial charge in [0.2, 0.25) is 0 Å². The first-order valence-electron chi connectivity index (χ1n) is 8.95. The first-order valence-corrected chi connectivity index (χ1v) is 8.95. The maximum absolute atomic E-state index is 4.63. The lowest BCUT2D eigenvalue weighted by atomic mass is 9.73. The van der Waals surface area contributed by atoms with Crippen LogP contribution in [-0.4, -0.2) is 22.6 Å². The molecule has 1 aromatic rings. The van der Waals surface area contributed by atoms with E-state index in [1.807, 2.05) is 6.20 Å². The van der Waals surface area contributed by atoms with E-state index in [1.54, 1.807) is 0 Å². The number of aryl methyl sites for hydroxylation is 1. The molecule has 0 aromatic carbocycles. The first-order chi connectivity index (χ1) is 10.2. The quantitative estimate of drug-likeness (QED) is 0.736. The molecule has 0 aliphatic heterocycles. The zero-order valence-corrected chi connectivity index (χ0v) is 14.1. The molecule has 0 radical (unpaired) electrons. The van der Waals surface area contributed by atoms with Crippen LogP contribution in [0.2, 0.25) is 0 Å².